The fraction of sp³-hybridized carbons (Fsp3) is 0.333. The summed E-state index contributed by atoms with van der Waals surface area (Å²) in [5, 5.41) is 3.73. The molecule has 0 radical (unpaired) electrons. The molecule has 1 heteroatoms. The van der Waals surface area contributed by atoms with Crippen LogP contribution in [0.4, 0.5) is 0 Å². The maximum atomic E-state index is 3.73. The van der Waals surface area contributed by atoms with Crippen LogP contribution < -0.4 is 5.32 Å². The first-order valence-corrected chi connectivity index (χ1v) is 7.14. The molecule has 0 saturated carbocycles. The highest BCUT2D eigenvalue weighted by Crippen LogP contribution is 2.14. The zero-order chi connectivity index (χ0) is 13.5. The molecule has 0 aliphatic rings. The first kappa shape index (κ1) is 13.8. The predicted molar refractivity (Wildman–Crippen MR) is 82.2 cm³/mol. The van der Waals surface area contributed by atoms with Crippen LogP contribution in [-0.2, 0) is 6.42 Å². The van der Waals surface area contributed by atoms with Gasteiger partial charge >= 0.3 is 0 Å². The molecule has 2 aromatic rings. The predicted octanol–water partition coefficient (Wildman–Crippen LogP) is 4.36. The van der Waals surface area contributed by atoms with Crippen molar-refractivity contribution in [3.8, 4) is 0 Å². The van der Waals surface area contributed by atoms with Crippen LogP contribution in [-0.4, -0.2) is 6.04 Å². The molecule has 2 atom stereocenters. The normalized spacial score (nSPS) is 14.0. The van der Waals surface area contributed by atoms with E-state index >= 15 is 0 Å². The van der Waals surface area contributed by atoms with E-state index in [0.717, 1.165) is 12.8 Å². The van der Waals surface area contributed by atoms with Crippen molar-refractivity contribution in [1.82, 2.24) is 5.32 Å². The molecule has 0 spiro atoms. The van der Waals surface area contributed by atoms with Crippen molar-refractivity contribution in [2.75, 3.05) is 0 Å². The van der Waals surface area contributed by atoms with E-state index in [9.17, 15) is 0 Å². The molecule has 0 saturated heterocycles. The number of hydrogen-bond donors (Lipinski definition) is 1. The summed E-state index contributed by atoms with van der Waals surface area (Å²) in [5.74, 6) is 0. The van der Waals surface area contributed by atoms with Crippen LogP contribution in [0, 0.1) is 0 Å². The fourth-order valence-corrected chi connectivity index (χ4v) is 2.41. The fourth-order valence-electron chi connectivity index (χ4n) is 2.41. The summed E-state index contributed by atoms with van der Waals surface area (Å²) in [5.41, 5.74) is 2.76. The van der Waals surface area contributed by atoms with Gasteiger partial charge in [-0.3, -0.25) is 0 Å². The van der Waals surface area contributed by atoms with Crippen molar-refractivity contribution in [3.63, 3.8) is 0 Å². The monoisotopic (exact) mass is 253 g/mol. The van der Waals surface area contributed by atoms with Crippen molar-refractivity contribution in [2.24, 2.45) is 0 Å². The second kappa shape index (κ2) is 7.10. The molecule has 0 aromatic heterocycles. The first-order chi connectivity index (χ1) is 9.29. The number of benzene rings is 2. The molecular formula is C18H23N. The van der Waals surface area contributed by atoms with Crippen molar-refractivity contribution >= 4 is 0 Å². The van der Waals surface area contributed by atoms with Crippen LogP contribution in [0.25, 0.3) is 0 Å². The summed E-state index contributed by atoms with van der Waals surface area (Å²) < 4.78 is 0. The van der Waals surface area contributed by atoms with Gasteiger partial charge in [-0.05, 0) is 30.9 Å². The van der Waals surface area contributed by atoms with Crippen LogP contribution in [0.3, 0.4) is 0 Å². The molecule has 0 fully saturated rings. The van der Waals surface area contributed by atoms with E-state index in [4.69, 9.17) is 0 Å². The highest BCUT2D eigenvalue weighted by Gasteiger charge is 2.12. The molecule has 0 heterocycles. The molecular weight excluding hydrogens is 230 g/mol. The van der Waals surface area contributed by atoms with E-state index in [0.29, 0.717) is 12.1 Å². The molecule has 1 N–H and O–H groups in total. The maximum Gasteiger partial charge on any atom is 0.0294 e. The van der Waals surface area contributed by atoms with Gasteiger partial charge in [-0.1, -0.05) is 67.6 Å². The lowest BCUT2D eigenvalue weighted by molar-refractivity contribution is 0.440. The third-order valence-corrected chi connectivity index (χ3v) is 3.60. The standard InChI is InChI=1S/C18H23N/c1-3-18(14-16-10-6-4-7-11-16)19-15(2)17-12-8-5-9-13-17/h4-13,15,18-19H,3,14H2,1-2H3/t15-,18?/m1/s1. The Balaban J connectivity index is 1.96. The molecule has 2 rings (SSSR count). The summed E-state index contributed by atoms with van der Waals surface area (Å²) in [7, 11) is 0. The first-order valence-electron chi connectivity index (χ1n) is 7.14. The summed E-state index contributed by atoms with van der Waals surface area (Å²) in [6.45, 7) is 4.49. The van der Waals surface area contributed by atoms with Gasteiger partial charge in [0.2, 0.25) is 0 Å². The van der Waals surface area contributed by atoms with Gasteiger partial charge in [0.1, 0.15) is 0 Å². The second-order valence-corrected chi connectivity index (χ2v) is 5.09. The lowest BCUT2D eigenvalue weighted by atomic mass is 10.0. The Labute approximate surface area is 116 Å². The van der Waals surface area contributed by atoms with E-state index < -0.39 is 0 Å². The summed E-state index contributed by atoms with van der Waals surface area (Å²) >= 11 is 0. The van der Waals surface area contributed by atoms with E-state index in [2.05, 4.69) is 79.8 Å². The van der Waals surface area contributed by atoms with Crippen LogP contribution >= 0.6 is 0 Å². The molecule has 19 heavy (non-hydrogen) atoms. The zero-order valence-electron chi connectivity index (χ0n) is 11.8. The smallest absolute Gasteiger partial charge is 0.0294 e. The third-order valence-electron chi connectivity index (χ3n) is 3.60. The van der Waals surface area contributed by atoms with Crippen LogP contribution in [0.5, 0.6) is 0 Å². The largest absolute Gasteiger partial charge is 0.307 e. The van der Waals surface area contributed by atoms with Gasteiger partial charge < -0.3 is 5.32 Å². The highest BCUT2D eigenvalue weighted by molar-refractivity contribution is 5.19. The molecule has 0 aliphatic carbocycles. The second-order valence-electron chi connectivity index (χ2n) is 5.09. The molecule has 0 aliphatic heterocycles. The van der Waals surface area contributed by atoms with Crippen LogP contribution in [0.15, 0.2) is 60.7 Å². The minimum Gasteiger partial charge on any atom is -0.307 e. The van der Waals surface area contributed by atoms with Gasteiger partial charge in [-0.15, -0.1) is 0 Å². The Morgan fingerprint density at radius 1 is 0.895 bits per heavy atom. The lowest BCUT2D eigenvalue weighted by Gasteiger charge is -2.22. The quantitative estimate of drug-likeness (QED) is 0.806. The summed E-state index contributed by atoms with van der Waals surface area (Å²) in [6.07, 6.45) is 2.24. The average molecular weight is 253 g/mol. The zero-order valence-corrected chi connectivity index (χ0v) is 11.8. The van der Waals surface area contributed by atoms with Gasteiger partial charge in [0.05, 0.1) is 0 Å². The third kappa shape index (κ3) is 4.22. The summed E-state index contributed by atoms with van der Waals surface area (Å²) in [6, 6.07) is 22.3. The maximum absolute atomic E-state index is 3.73. The Hall–Kier alpha value is -1.60. The topological polar surface area (TPSA) is 12.0 Å². The molecule has 0 bridgehead atoms. The number of rotatable bonds is 6. The van der Waals surface area contributed by atoms with Gasteiger partial charge in [0.25, 0.3) is 0 Å². The summed E-state index contributed by atoms with van der Waals surface area (Å²) in [4.78, 5) is 0. The SMILES string of the molecule is CCC(Cc1ccccc1)N[C@H](C)c1ccccc1. The minimum atomic E-state index is 0.398. The van der Waals surface area contributed by atoms with Crippen molar-refractivity contribution in [2.45, 2.75) is 38.8 Å². The van der Waals surface area contributed by atoms with E-state index in [1.54, 1.807) is 0 Å². The molecule has 1 nitrogen and oxygen atoms in total. The van der Waals surface area contributed by atoms with Crippen molar-refractivity contribution in [1.29, 1.82) is 0 Å². The minimum absolute atomic E-state index is 0.398. The van der Waals surface area contributed by atoms with Crippen LogP contribution in [0.1, 0.15) is 37.4 Å². The van der Waals surface area contributed by atoms with E-state index in [-0.39, 0.29) is 0 Å². The molecule has 0 amide bonds. The Bertz CT molecular complexity index is 464. The molecule has 1 unspecified atom stereocenters. The number of nitrogens with one attached hydrogen (secondary N) is 1. The van der Waals surface area contributed by atoms with Crippen molar-refractivity contribution < 1.29 is 0 Å². The van der Waals surface area contributed by atoms with Gasteiger partial charge in [-0.2, -0.15) is 0 Å². The van der Waals surface area contributed by atoms with Gasteiger partial charge in [0, 0.05) is 12.1 Å². The number of hydrogen-bond acceptors (Lipinski definition) is 1. The average Bonchev–Trinajstić information content (AvgIpc) is 2.48. The Morgan fingerprint density at radius 3 is 2.05 bits per heavy atom. The van der Waals surface area contributed by atoms with Gasteiger partial charge in [-0.25, -0.2) is 0 Å². The Kier molecular flexibility index (Phi) is 5.17. The molecule has 100 valence electrons. The van der Waals surface area contributed by atoms with E-state index in [1.165, 1.54) is 11.1 Å². The van der Waals surface area contributed by atoms with E-state index in [1.807, 2.05) is 0 Å². The van der Waals surface area contributed by atoms with Gasteiger partial charge in [0.15, 0.2) is 0 Å². The lowest BCUT2D eigenvalue weighted by Crippen LogP contribution is -2.32. The van der Waals surface area contributed by atoms with Crippen LogP contribution in [0.2, 0.25) is 0 Å². The highest BCUT2D eigenvalue weighted by atomic mass is 14.9. The van der Waals surface area contributed by atoms with Crippen molar-refractivity contribution in [3.05, 3.63) is 71.8 Å². The molecule has 2 aromatic carbocycles. The Morgan fingerprint density at radius 2 is 1.47 bits per heavy atom.